The number of hydrogen-bond acceptors (Lipinski definition) is 3. The summed E-state index contributed by atoms with van der Waals surface area (Å²) in [4.78, 5) is 23.2. The monoisotopic (exact) mass is 319 g/mol. The molecule has 0 aromatic heterocycles. The molecule has 126 valence electrons. The second-order valence-electron chi connectivity index (χ2n) is 6.36. The van der Waals surface area contributed by atoms with Crippen LogP contribution >= 0.6 is 0 Å². The Morgan fingerprint density at radius 1 is 1.17 bits per heavy atom. The van der Waals surface area contributed by atoms with Crippen molar-refractivity contribution in [3.8, 4) is 5.75 Å². The van der Waals surface area contributed by atoms with Crippen LogP contribution in [0.3, 0.4) is 0 Å². The van der Waals surface area contributed by atoms with Crippen LogP contribution in [0.1, 0.15) is 36.8 Å². The number of carbonyl (C=O) groups excluding carboxylic acids is 1. The van der Waals surface area contributed by atoms with Gasteiger partial charge in [-0.15, -0.1) is 0 Å². The van der Waals surface area contributed by atoms with E-state index in [2.05, 4.69) is 11.4 Å². The lowest BCUT2D eigenvalue weighted by atomic mass is 9.81. The number of carboxylic acids is 1. The molecule has 0 radical (unpaired) electrons. The molecule has 0 aliphatic heterocycles. The maximum Gasteiger partial charge on any atom is 0.306 e. The first-order chi connectivity index (χ1) is 11.0. The Bertz CT molecular complexity index is 550. The van der Waals surface area contributed by atoms with E-state index in [1.165, 1.54) is 0 Å². The van der Waals surface area contributed by atoms with Gasteiger partial charge in [-0.05, 0) is 56.4 Å². The van der Waals surface area contributed by atoms with Crippen LogP contribution in [0.15, 0.2) is 18.2 Å². The number of rotatable bonds is 6. The van der Waals surface area contributed by atoms with Crippen LogP contribution in [-0.2, 0) is 9.59 Å². The molecule has 2 rings (SSSR count). The van der Waals surface area contributed by atoms with Crippen LogP contribution in [0.2, 0.25) is 0 Å². The van der Waals surface area contributed by atoms with E-state index in [0.717, 1.165) is 29.7 Å². The van der Waals surface area contributed by atoms with E-state index < -0.39 is 5.97 Å². The Balaban J connectivity index is 1.73. The fourth-order valence-corrected chi connectivity index (χ4v) is 3.16. The van der Waals surface area contributed by atoms with Crippen LogP contribution in [0.4, 0.5) is 0 Å². The lowest BCUT2D eigenvalue weighted by molar-refractivity contribution is -0.144. The Labute approximate surface area is 137 Å². The molecule has 2 atom stereocenters. The van der Waals surface area contributed by atoms with Gasteiger partial charge in [0.2, 0.25) is 5.91 Å². The van der Waals surface area contributed by atoms with Crippen LogP contribution in [-0.4, -0.2) is 30.1 Å². The molecule has 1 aromatic carbocycles. The molecule has 1 aliphatic rings. The summed E-state index contributed by atoms with van der Waals surface area (Å²) >= 11 is 0. The van der Waals surface area contributed by atoms with Crippen molar-refractivity contribution in [3.63, 3.8) is 0 Å². The fraction of sp³-hybridized carbons (Fsp3) is 0.556. The summed E-state index contributed by atoms with van der Waals surface area (Å²) in [5, 5.41) is 11.9. The van der Waals surface area contributed by atoms with Crippen LogP contribution in [0.5, 0.6) is 5.75 Å². The predicted octanol–water partition coefficient (Wildman–Crippen LogP) is 2.69. The average molecular weight is 319 g/mol. The largest absolute Gasteiger partial charge is 0.492 e. The van der Waals surface area contributed by atoms with Gasteiger partial charge in [0.15, 0.2) is 0 Å². The fourth-order valence-electron chi connectivity index (χ4n) is 3.16. The van der Waals surface area contributed by atoms with Crippen molar-refractivity contribution < 1.29 is 19.4 Å². The van der Waals surface area contributed by atoms with E-state index in [1.807, 2.05) is 26.0 Å². The van der Waals surface area contributed by atoms with Crippen molar-refractivity contribution in [2.45, 2.75) is 39.5 Å². The molecule has 23 heavy (non-hydrogen) atoms. The first-order valence-corrected chi connectivity index (χ1v) is 8.17. The molecule has 1 fully saturated rings. The Hall–Kier alpha value is -2.04. The van der Waals surface area contributed by atoms with E-state index in [0.29, 0.717) is 26.0 Å². The van der Waals surface area contributed by atoms with Gasteiger partial charge in [0.05, 0.1) is 12.5 Å². The van der Waals surface area contributed by atoms with Crippen LogP contribution in [0.25, 0.3) is 0 Å². The number of benzene rings is 1. The van der Waals surface area contributed by atoms with Gasteiger partial charge in [-0.2, -0.15) is 0 Å². The summed E-state index contributed by atoms with van der Waals surface area (Å²) in [5.74, 6) is -0.613. The van der Waals surface area contributed by atoms with E-state index in [-0.39, 0.29) is 17.7 Å². The second kappa shape index (κ2) is 7.99. The van der Waals surface area contributed by atoms with Gasteiger partial charge in [0, 0.05) is 5.92 Å². The molecule has 2 N–H and O–H groups in total. The molecule has 5 nitrogen and oxygen atoms in total. The van der Waals surface area contributed by atoms with E-state index in [1.54, 1.807) is 0 Å². The highest BCUT2D eigenvalue weighted by atomic mass is 16.5. The minimum absolute atomic E-state index is 0.0556. The normalized spacial score (nSPS) is 20.8. The van der Waals surface area contributed by atoms with Gasteiger partial charge in [-0.1, -0.05) is 12.5 Å². The lowest BCUT2D eigenvalue weighted by Gasteiger charge is -2.25. The number of aliphatic carboxylic acids is 1. The van der Waals surface area contributed by atoms with Gasteiger partial charge >= 0.3 is 5.97 Å². The van der Waals surface area contributed by atoms with Gasteiger partial charge in [-0.3, -0.25) is 9.59 Å². The molecule has 1 amide bonds. The highest BCUT2D eigenvalue weighted by Crippen LogP contribution is 2.29. The standard InChI is InChI=1S/C18H25NO4/c1-12-8-13(2)10-16(9-12)23-7-6-19-17(20)14-4-3-5-15(11-14)18(21)22/h8-10,14-15H,3-7,11H2,1-2H3,(H,19,20)(H,21,22). The van der Waals surface area contributed by atoms with Gasteiger partial charge in [0.1, 0.15) is 12.4 Å². The number of ether oxygens (including phenoxy) is 1. The zero-order valence-electron chi connectivity index (χ0n) is 13.8. The molecule has 1 aliphatic carbocycles. The number of carbonyl (C=O) groups is 2. The number of aryl methyl sites for hydroxylation is 2. The average Bonchev–Trinajstić information content (AvgIpc) is 2.50. The molecule has 0 saturated heterocycles. The first kappa shape index (κ1) is 17.3. The van der Waals surface area contributed by atoms with Crippen LogP contribution in [0, 0.1) is 25.7 Å². The number of amides is 1. The van der Waals surface area contributed by atoms with Crippen molar-refractivity contribution in [1.29, 1.82) is 0 Å². The van der Waals surface area contributed by atoms with Crippen molar-refractivity contribution in [2.24, 2.45) is 11.8 Å². The zero-order chi connectivity index (χ0) is 16.8. The van der Waals surface area contributed by atoms with E-state index in [4.69, 9.17) is 9.84 Å². The zero-order valence-corrected chi connectivity index (χ0v) is 13.8. The van der Waals surface area contributed by atoms with Gasteiger partial charge < -0.3 is 15.2 Å². The third kappa shape index (κ3) is 5.27. The summed E-state index contributed by atoms with van der Waals surface area (Å²) in [6.45, 7) is 4.87. The van der Waals surface area contributed by atoms with E-state index >= 15 is 0 Å². The first-order valence-electron chi connectivity index (χ1n) is 8.17. The molecule has 0 bridgehead atoms. The molecule has 0 heterocycles. The molecular formula is C18H25NO4. The summed E-state index contributed by atoms with van der Waals surface area (Å²) < 4.78 is 5.66. The maximum absolute atomic E-state index is 12.1. The highest BCUT2D eigenvalue weighted by molar-refractivity contribution is 5.80. The second-order valence-corrected chi connectivity index (χ2v) is 6.36. The third-order valence-electron chi connectivity index (χ3n) is 4.26. The minimum atomic E-state index is -0.791. The molecule has 0 spiro atoms. The predicted molar refractivity (Wildman–Crippen MR) is 87.5 cm³/mol. The SMILES string of the molecule is Cc1cc(C)cc(OCCNC(=O)C2CCCC(C(=O)O)C2)c1. The quantitative estimate of drug-likeness (QED) is 0.791. The summed E-state index contributed by atoms with van der Waals surface area (Å²) in [6.07, 6.45) is 2.69. The van der Waals surface area contributed by atoms with Crippen molar-refractivity contribution in [2.75, 3.05) is 13.2 Å². The van der Waals surface area contributed by atoms with E-state index in [9.17, 15) is 9.59 Å². The Morgan fingerprint density at radius 3 is 2.48 bits per heavy atom. The molecular weight excluding hydrogens is 294 g/mol. The summed E-state index contributed by atoms with van der Waals surface area (Å²) in [7, 11) is 0. The lowest BCUT2D eigenvalue weighted by Crippen LogP contribution is -2.37. The van der Waals surface area contributed by atoms with Gasteiger partial charge in [0.25, 0.3) is 0 Å². The minimum Gasteiger partial charge on any atom is -0.492 e. The maximum atomic E-state index is 12.1. The van der Waals surface area contributed by atoms with Crippen molar-refractivity contribution >= 4 is 11.9 Å². The topological polar surface area (TPSA) is 75.6 Å². The molecule has 1 saturated carbocycles. The number of nitrogens with one attached hydrogen (secondary N) is 1. The molecule has 2 unspecified atom stereocenters. The highest BCUT2D eigenvalue weighted by Gasteiger charge is 2.30. The number of hydrogen-bond donors (Lipinski definition) is 2. The third-order valence-corrected chi connectivity index (χ3v) is 4.26. The van der Waals surface area contributed by atoms with Crippen molar-refractivity contribution in [1.82, 2.24) is 5.32 Å². The molecule has 1 aromatic rings. The van der Waals surface area contributed by atoms with Crippen molar-refractivity contribution in [3.05, 3.63) is 29.3 Å². The molecule has 5 heteroatoms. The Morgan fingerprint density at radius 2 is 1.83 bits per heavy atom. The number of carboxylic acid groups (broad SMARTS) is 1. The smallest absolute Gasteiger partial charge is 0.306 e. The van der Waals surface area contributed by atoms with Gasteiger partial charge in [-0.25, -0.2) is 0 Å². The summed E-state index contributed by atoms with van der Waals surface area (Å²) in [6, 6.07) is 6.01. The van der Waals surface area contributed by atoms with Crippen LogP contribution < -0.4 is 10.1 Å². The Kier molecular flexibility index (Phi) is 6.02. The summed E-state index contributed by atoms with van der Waals surface area (Å²) in [5.41, 5.74) is 2.29.